The minimum absolute atomic E-state index is 0.720. The Kier molecular flexibility index (Phi) is 1.62. The maximum atomic E-state index is 4.02. The summed E-state index contributed by atoms with van der Waals surface area (Å²) in [5.74, 6) is 1.67. The van der Waals surface area contributed by atoms with E-state index in [0.717, 1.165) is 17.0 Å². The van der Waals surface area contributed by atoms with Gasteiger partial charge < -0.3 is 0 Å². The monoisotopic (exact) mass is 175 g/mol. The van der Waals surface area contributed by atoms with Crippen LogP contribution in [0, 0.1) is 6.92 Å². The van der Waals surface area contributed by atoms with Crippen molar-refractivity contribution in [3.63, 3.8) is 0 Å². The largest absolute Gasteiger partial charge is 0.263 e. The van der Waals surface area contributed by atoms with Crippen LogP contribution in [0.1, 0.15) is 11.6 Å². The minimum Gasteiger partial charge on any atom is -0.263 e. The maximum absolute atomic E-state index is 4.02. The molecule has 4 heteroatoms. The van der Waals surface area contributed by atoms with E-state index in [1.54, 1.807) is 0 Å². The maximum Gasteiger partial charge on any atom is 0.161 e. The smallest absolute Gasteiger partial charge is 0.161 e. The zero-order valence-corrected chi connectivity index (χ0v) is 6.07. The van der Waals surface area contributed by atoms with E-state index in [1.807, 2.05) is 6.92 Å². The van der Waals surface area contributed by atoms with Crippen molar-refractivity contribution in [3.8, 4) is 0 Å². The molecule has 0 radical (unpaired) electrons. The first-order chi connectivity index (χ1) is 3.83. The van der Waals surface area contributed by atoms with Crippen molar-refractivity contribution >= 4 is 15.9 Å². The second-order valence-corrected chi connectivity index (χ2v) is 2.03. The Morgan fingerprint density at radius 3 is 2.75 bits per heavy atom. The molecule has 1 N–H and O–H groups in total. The predicted molar refractivity (Wildman–Crippen MR) is 33.8 cm³/mol. The summed E-state index contributed by atoms with van der Waals surface area (Å²) in [6.45, 7) is 1.87. The summed E-state index contributed by atoms with van der Waals surface area (Å²) >= 11 is 3.23. The molecule has 1 rings (SSSR count). The number of aromatic amines is 1. The number of alkyl halides is 1. The Morgan fingerprint density at radius 2 is 2.50 bits per heavy atom. The van der Waals surface area contributed by atoms with Crippen molar-refractivity contribution in [3.05, 3.63) is 11.6 Å². The number of aromatic nitrogens is 3. The Hall–Kier alpha value is -0.380. The van der Waals surface area contributed by atoms with Gasteiger partial charge in [-0.2, -0.15) is 5.10 Å². The number of nitrogens with one attached hydrogen (secondary N) is 1. The van der Waals surface area contributed by atoms with Gasteiger partial charge in [-0.25, -0.2) is 4.98 Å². The SMILES string of the molecule is Cc1nc(CBr)n[nH]1. The van der Waals surface area contributed by atoms with Gasteiger partial charge >= 0.3 is 0 Å². The highest BCUT2D eigenvalue weighted by Gasteiger charge is 1.92. The van der Waals surface area contributed by atoms with Gasteiger partial charge in [-0.3, -0.25) is 5.10 Å². The van der Waals surface area contributed by atoms with E-state index < -0.39 is 0 Å². The summed E-state index contributed by atoms with van der Waals surface area (Å²) in [6, 6.07) is 0. The van der Waals surface area contributed by atoms with E-state index >= 15 is 0 Å². The van der Waals surface area contributed by atoms with Crippen molar-refractivity contribution in [1.82, 2.24) is 15.2 Å². The molecule has 0 fully saturated rings. The number of nitrogens with zero attached hydrogens (tertiary/aromatic N) is 2. The summed E-state index contributed by atoms with van der Waals surface area (Å²) < 4.78 is 0. The summed E-state index contributed by atoms with van der Waals surface area (Å²) in [6.07, 6.45) is 0. The molecule has 8 heavy (non-hydrogen) atoms. The van der Waals surface area contributed by atoms with Crippen LogP contribution in [0.3, 0.4) is 0 Å². The number of hydrogen-bond donors (Lipinski definition) is 1. The molecule has 0 amide bonds. The van der Waals surface area contributed by atoms with E-state index in [0.29, 0.717) is 0 Å². The Bertz CT molecular complexity index is 172. The molecule has 0 spiro atoms. The lowest BCUT2D eigenvalue weighted by molar-refractivity contribution is 1.01. The van der Waals surface area contributed by atoms with Gasteiger partial charge in [0.1, 0.15) is 5.82 Å². The highest BCUT2D eigenvalue weighted by Crippen LogP contribution is 1.95. The Balaban J connectivity index is 2.84. The average molecular weight is 176 g/mol. The zero-order chi connectivity index (χ0) is 5.98. The first kappa shape index (κ1) is 5.75. The summed E-state index contributed by atoms with van der Waals surface area (Å²) in [5.41, 5.74) is 0. The molecule has 0 aromatic carbocycles. The second-order valence-electron chi connectivity index (χ2n) is 1.47. The number of aryl methyl sites for hydroxylation is 1. The molecule has 0 unspecified atom stereocenters. The number of H-pyrrole nitrogens is 1. The molecular formula is C4H6BrN3. The molecule has 3 nitrogen and oxygen atoms in total. The third kappa shape index (κ3) is 1.06. The third-order valence-corrected chi connectivity index (χ3v) is 1.26. The predicted octanol–water partition coefficient (Wildman–Crippen LogP) is 1.01. The minimum atomic E-state index is 0.720. The van der Waals surface area contributed by atoms with Crippen LogP contribution < -0.4 is 0 Å². The molecule has 0 atom stereocenters. The fourth-order valence-electron chi connectivity index (χ4n) is 0.449. The molecule has 1 aromatic heterocycles. The molecular weight excluding hydrogens is 170 g/mol. The van der Waals surface area contributed by atoms with Crippen LogP contribution in [0.4, 0.5) is 0 Å². The molecule has 0 aliphatic rings. The molecule has 0 aliphatic carbocycles. The van der Waals surface area contributed by atoms with Gasteiger partial charge in [0.15, 0.2) is 5.82 Å². The lowest BCUT2D eigenvalue weighted by Gasteiger charge is -1.74. The first-order valence-electron chi connectivity index (χ1n) is 2.27. The molecule has 0 bridgehead atoms. The highest BCUT2D eigenvalue weighted by atomic mass is 79.9. The molecule has 44 valence electrons. The molecule has 0 aliphatic heterocycles. The lowest BCUT2D eigenvalue weighted by atomic mass is 10.7. The number of hydrogen-bond acceptors (Lipinski definition) is 2. The van der Waals surface area contributed by atoms with Crippen LogP contribution >= 0.6 is 15.9 Å². The van der Waals surface area contributed by atoms with Gasteiger partial charge in [-0.1, -0.05) is 15.9 Å². The van der Waals surface area contributed by atoms with E-state index in [2.05, 4.69) is 31.1 Å². The van der Waals surface area contributed by atoms with Gasteiger partial charge in [0.05, 0.1) is 5.33 Å². The van der Waals surface area contributed by atoms with Crippen molar-refractivity contribution in [1.29, 1.82) is 0 Å². The van der Waals surface area contributed by atoms with Gasteiger partial charge in [-0.15, -0.1) is 0 Å². The van der Waals surface area contributed by atoms with E-state index in [1.165, 1.54) is 0 Å². The highest BCUT2D eigenvalue weighted by molar-refractivity contribution is 9.08. The van der Waals surface area contributed by atoms with Crippen LogP contribution in [0.5, 0.6) is 0 Å². The Labute approximate surface area is 55.6 Å². The normalized spacial score (nSPS) is 9.75. The summed E-state index contributed by atoms with van der Waals surface area (Å²) in [7, 11) is 0. The molecule has 0 saturated heterocycles. The third-order valence-electron chi connectivity index (χ3n) is 0.763. The fourth-order valence-corrected chi connectivity index (χ4v) is 0.700. The van der Waals surface area contributed by atoms with Crippen LogP contribution in [0.25, 0.3) is 0 Å². The molecule has 1 aromatic rings. The molecule has 0 saturated carbocycles. The van der Waals surface area contributed by atoms with E-state index in [9.17, 15) is 0 Å². The van der Waals surface area contributed by atoms with E-state index in [-0.39, 0.29) is 0 Å². The van der Waals surface area contributed by atoms with Crippen LogP contribution in [0.2, 0.25) is 0 Å². The zero-order valence-electron chi connectivity index (χ0n) is 4.48. The van der Waals surface area contributed by atoms with Gasteiger partial charge in [-0.05, 0) is 6.92 Å². The lowest BCUT2D eigenvalue weighted by Crippen LogP contribution is -1.77. The van der Waals surface area contributed by atoms with Crippen LogP contribution in [-0.4, -0.2) is 15.2 Å². The van der Waals surface area contributed by atoms with Gasteiger partial charge in [0, 0.05) is 0 Å². The van der Waals surface area contributed by atoms with Crippen molar-refractivity contribution in [2.24, 2.45) is 0 Å². The second kappa shape index (κ2) is 2.26. The van der Waals surface area contributed by atoms with Gasteiger partial charge in [0.25, 0.3) is 0 Å². The number of halogens is 1. The quantitative estimate of drug-likeness (QED) is 0.648. The van der Waals surface area contributed by atoms with E-state index in [4.69, 9.17) is 0 Å². The standard InChI is InChI=1S/C4H6BrN3/c1-3-6-4(2-5)8-7-3/h2H2,1H3,(H,6,7,8). The van der Waals surface area contributed by atoms with Crippen LogP contribution in [0.15, 0.2) is 0 Å². The van der Waals surface area contributed by atoms with Gasteiger partial charge in [0.2, 0.25) is 0 Å². The average Bonchev–Trinajstić information content (AvgIpc) is 2.14. The summed E-state index contributed by atoms with van der Waals surface area (Å²) in [5, 5.41) is 7.30. The number of rotatable bonds is 1. The van der Waals surface area contributed by atoms with Crippen LogP contribution in [-0.2, 0) is 5.33 Å². The fraction of sp³-hybridized carbons (Fsp3) is 0.500. The van der Waals surface area contributed by atoms with Crippen molar-refractivity contribution < 1.29 is 0 Å². The molecule has 1 heterocycles. The van der Waals surface area contributed by atoms with Crippen molar-refractivity contribution in [2.75, 3.05) is 0 Å². The first-order valence-corrected chi connectivity index (χ1v) is 3.39. The topological polar surface area (TPSA) is 41.6 Å². The summed E-state index contributed by atoms with van der Waals surface area (Å²) in [4.78, 5) is 4.02. The van der Waals surface area contributed by atoms with Crippen molar-refractivity contribution in [2.45, 2.75) is 12.3 Å². The Morgan fingerprint density at radius 1 is 1.75 bits per heavy atom.